The molecule has 1 aromatic heterocycles. The van der Waals surface area contributed by atoms with Gasteiger partial charge < -0.3 is 9.88 Å². The molecule has 19 heavy (non-hydrogen) atoms. The Morgan fingerprint density at radius 2 is 1.89 bits per heavy atom. The Hall–Kier alpha value is -1.25. The first-order valence-corrected chi connectivity index (χ1v) is 7.27. The number of hydrogen-bond acceptors (Lipinski definition) is 1. The monoisotopic (exact) mass is 264 g/mol. The van der Waals surface area contributed by atoms with E-state index in [9.17, 15) is 4.79 Å². The number of rotatable bonds is 6. The Kier molecular flexibility index (Phi) is 5.64. The third kappa shape index (κ3) is 4.41. The van der Waals surface area contributed by atoms with Crippen LogP contribution in [0, 0.1) is 19.8 Å². The van der Waals surface area contributed by atoms with Crippen LogP contribution in [0.2, 0.25) is 0 Å². The van der Waals surface area contributed by atoms with Gasteiger partial charge in [0, 0.05) is 30.4 Å². The van der Waals surface area contributed by atoms with Crippen LogP contribution in [0.4, 0.5) is 0 Å². The van der Waals surface area contributed by atoms with Crippen molar-refractivity contribution in [1.82, 2.24) is 9.88 Å². The normalized spacial score (nSPS) is 11.4. The van der Waals surface area contributed by atoms with Crippen LogP contribution in [-0.2, 0) is 11.2 Å². The number of nitrogens with zero attached hydrogens (tertiary/aromatic N) is 1. The van der Waals surface area contributed by atoms with E-state index in [2.05, 4.69) is 57.5 Å². The van der Waals surface area contributed by atoms with Crippen molar-refractivity contribution in [2.24, 2.45) is 5.92 Å². The maximum atomic E-state index is 11.6. The smallest absolute Gasteiger partial charge is 0.220 e. The molecule has 0 aliphatic rings. The molecule has 0 saturated carbocycles. The minimum absolute atomic E-state index is 0.160. The van der Waals surface area contributed by atoms with Gasteiger partial charge in [-0.05, 0) is 51.7 Å². The summed E-state index contributed by atoms with van der Waals surface area (Å²) in [5.74, 6) is 0.582. The van der Waals surface area contributed by atoms with Crippen molar-refractivity contribution in [3.05, 3.63) is 23.0 Å². The molecule has 1 amide bonds. The summed E-state index contributed by atoms with van der Waals surface area (Å²) in [6, 6.07) is 2.73. The summed E-state index contributed by atoms with van der Waals surface area (Å²) in [4.78, 5) is 11.6. The van der Waals surface area contributed by atoms with Crippen molar-refractivity contribution in [2.45, 2.75) is 60.4 Å². The van der Waals surface area contributed by atoms with Crippen molar-refractivity contribution in [3.63, 3.8) is 0 Å². The largest absolute Gasteiger partial charge is 0.356 e. The molecular weight excluding hydrogens is 236 g/mol. The fraction of sp³-hybridized carbons (Fsp3) is 0.688. The molecule has 0 bridgehead atoms. The minimum Gasteiger partial charge on any atom is -0.356 e. The van der Waals surface area contributed by atoms with Gasteiger partial charge in [-0.3, -0.25) is 4.79 Å². The second kappa shape index (κ2) is 6.78. The Labute approximate surface area is 117 Å². The molecule has 3 nitrogen and oxygen atoms in total. The van der Waals surface area contributed by atoms with E-state index in [1.54, 1.807) is 0 Å². The van der Waals surface area contributed by atoms with Crippen LogP contribution in [0.3, 0.4) is 0 Å². The predicted octanol–water partition coefficient (Wildman–Crippen LogP) is 3.39. The summed E-state index contributed by atoms with van der Waals surface area (Å²) in [5, 5.41) is 3.00. The number of amides is 1. The number of aryl methyl sites for hydroxylation is 1. The molecule has 0 radical (unpaired) electrons. The molecule has 1 rings (SSSR count). The fourth-order valence-electron chi connectivity index (χ4n) is 2.67. The number of nitrogens with one attached hydrogen (secondary N) is 1. The van der Waals surface area contributed by atoms with Crippen LogP contribution in [-0.4, -0.2) is 17.0 Å². The van der Waals surface area contributed by atoms with Crippen molar-refractivity contribution in [2.75, 3.05) is 6.54 Å². The van der Waals surface area contributed by atoms with E-state index in [0.717, 1.165) is 13.0 Å². The van der Waals surface area contributed by atoms with Crippen LogP contribution in [0.5, 0.6) is 0 Å². The molecule has 0 aromatic carbocycles. The molecule has 0 saturated heterocycles. The highest BCUT2D eigenvalue weighted by molar-refractivity contribution is 5.76. The van der Waals surface area contributed by atoms with Gasteiger partial charge in [-0.15, -0.1) is 0 Å². The first kappa shape index (κ1) is 15.8. The maximum absolute atomic E-state index is 11.6. The van der Waals surface area contributed by atoms with Crippen molar-refractivity contribution in [1.29, 1.82) is 0 Å². The average molecular weight is 264 g/mol. The standard InChI is InChI=1S/C16H28N2O/c1-11(2)9-16(19)17-8-7-15-10-13(5)18(12(3)4)14(15)6/h10-12H,7-9H2,1-6H3,(H,17,19). The summed E-state index contributed by atoms with van der Waals surface area (Å²) in [7, 11) is 0. The molecule has 3 heteroatoms. The fourth-order valence-corrected chi connectivity index (χ4v) is 2.67. The van der Waals surface area contributed by atoms with E-state index < -0.39 is 0 Å². The molecule has 1 N–H and O–H groups in total. The number of aromatic nitrogens is 1. The zero-order valence-corrected chi connectivity index (χ0v) is 13.2. The SMILES string of the molecule is Cc1cc(CCNC(=O)CC(C)C)c(C)n1C(C)C. The second-order valence-corrected chi connectivity index (χ2v) is 6.06. The Morgan fingerprint density at radius 1 is 1.26 bits per heavy atom. The Morgan fingerprint density at radius 3 is 2.37 bits per heavy atom. The van der Waals surface area contributed by atoms with Crippen LogP contribution in [0.25, 0.3) is 0 Å². The summed E-state index contributed by atoms with van der Waals surface area (Å²) in [5.41, 5.74) is 3.97. The topological polar surface area (TPSA) is 34.0 Å². The molecule has 1 heterocycles. The zero-order valence-electron chi connectivity index (χ0n) is 13.2. The van der Waals surface area contributed by atoms with Crippen molar-refractivity contribution < 1.29 is 4.79 Å². The lowest BCUT2D eigenvalue weighted by atomic mass is 10.1. The summed E-state index contributed by atoms with van der Waals surface area (Å²) < 4.78 is 2.35. The van der Waals surface area contributed by atoms with E-state index >= 15 is 0 Å². The molecule has 0 aliphatic carbocycles. The highest BCUT2D eigenvalue weighted by Gasteiger charge is 2.11. The first-order valence-electron chi connectivity index (χ1n) is 7.27. The number of carbonyl (C=O) groups is 1. The van der Waals surface area contributed by atoms with Gasteiger partial charge >= 0.3 is 0 Å². The van der Waals surface area contributed by atoms with Crippen LogP contribution >= 0.6 is 0 Å². The summed E-state index contributed by atoms with van der Waals surface area (Å²) >= 11 is 0. The number of carbonyl (C=O) groups excluding carboxylic acids is 1. The summed E-state index contributed by atoms with van der Waals surface area (Å²) in [6.45, 7) is 13.6. The quantitative estimate of drug-likeness (QED) is 0.839. The van der Waals surface area contributed by atoms with E-state index in [1.165, 1.54) is 17.0 Å². The van der Waals surface area contributed by atoms with E-state index in [0.29, 0.717) is 18.4 Å². The van der Waals surface area contributed by atoms with Crippen molar-refractivity contribution >= 4 is 5.91 Å². The maximum Gasteiger partial charge on any atom is 0.220 e. The van der Waals surface area contributed by atoms with Crippen LogP contribution < -0.4 is 5.32 Å². The van der Waals surface area contributed by atoms with Crippen LogP contribution in [0.1, 0.15) is 57.1 Å². The van der Waals surface area contributed by atoms with Crippen LogP contribution in [0.15, 0.2) is 6.07 Å². The molecule has 108 valence electrons. The molecular formula is C16H28N2O. The van der Waals surface area contributed by atoms with E-state index in [1.807, 2.05) is 0 Å². The second-order valence-electron chi connectivity index (χ2n) is 6.06. The molecule has 0 unspecified atom stereocenters. The molecule has 0 aliphatic heterocycles. The van der Waals surface area contributed by atoms with Gasteiger partial charge in [-0.2, -0.15) is 0 Å². The summed E-state index contributed by atoms with van der Waals surface area (Å²) in [6.07, 6.45) is 1.53. The van der Waals surface area contributed by atoms with E-state index in [-0.39, 0.29) is 5.91 Å². The lowest BCUT2D eigenvalue weighted by Gasteiger charge is -2.14. The highest BCUT2D eigenvalue weighted by Crippen LogP contribution is 2.20. The molecule has 0 spiro atoms. The lowest BCUT2D eigenvalue weighted by Crippen LogP contribution is -2.26. The van der Waals surface area contributed by atoms with E-state index in [4.69, 9.17) is 0 Å². The molecule has 1 aromatic rings. The van der Waals surface area contributed by atoms with Gasteiger partial charge in [0.2, 0.25) is 5.91 Å². The third-order valence-corrected chi connectivity index (χ3v) is 3.42. The third-order valence-electron chi connectivity index (χ3n) is 3.42. The predicted molar refractivity (Wildman–Crippen MR) is 80.5 cm³/mol. The average Bonchev–Trinajstić information content (AvgIpc) is 2.52. The van der Waals surface area contributed by atoms with Gasteiger partial charge in [-0.1, -0.05) is 13.8 Å². The van der Waals surface area contributed by atoms with Gasteiger partial charge in [0.15, 0.2) is 0 Å². The lowest BCUT2D eigenvalue weighted by molar-refractivity contribution is -0.121. The minimum atomic E-state index is 0.160. The van der Waals surface area contributed by atoms with Gasteiger partial charge in [0.25, 0.3) is 0 Å². The van der Waals surface area contributed by atoms with Gasteiger partial charge in [-0.25, -0.2) is 0 Å². The number of hydrogen-bond donors (Lipinski definition) is 1. The Balaban J connectivity index is 2.55. The Bertz CT molecular complexity index is 430. The first-order chi connectivity index (χ1) is 8.82. The van der Waals surface area contributed by atoms with Gasteiger partial charge in [0.1, 0.15) is 0 Å². The van der Waals surface area contributed by atoms with Gasteiger partial charge in [0.05, 0.1) is 0 Å². The molecule has 0 atom stereocenters. The molecule has 0 fully saturated rings. The highest BCUT2D eigenvalue weighted by atomic mass is 16.1. The zero-order chi connectivity index (χ0) is 14.6. The van der Waals surface area contributed by atoms with Crippen molar-refractivity contribution in [3.8, 4) is 0 Å².